The highest BCUT2D eigenvalue weighted by atomic mass is 15.4. The van der Waals surface area contributed by atoms with Crippen molar-refractivity contribution in [3.05, 3.63) is 71.2 Å². The molecule has 0 N–H and O–H groups in total. The molecule has 4 aromatic rings. The molecular formula is C17H13N5. The molecule has 5 heteroatoms. The number of benzene rings is 1. The Morgan fingerprint density at radius 3 is 2.55 bits per heavy atom. The molecule has 0 spiro atoms. The van der Waals surface area contributed by atoms with Gasteiger partial charge in [-0.15, -0.1) is 10.2 Å². The fourth-order valence-corrected chi connectivity index (χ4v) is 2.45. The molecule has 0 atom stereocenters. The van der Waals surface area contributed by atoms with Gasteiger partial charge in [0.05, 0.1) is 5.69 Å². The lowest BCUT2D eigenvalue weighted by molar-refractivity contribution is 0.930. The Morgan fingerprint density at radius 1 is 0.955 bits per heavy atom. The van der Waals surface area contributed by atoms with E-state index >= 15 is 0 Å². The minimum Gasteiger partial charge on any atom is -0.253 e. The lowest BCUT2D eigenvalue weighted by Gasteiger charge is -1.93. The quantitative estimate of drug-likeness (QED) is 0.566. The van der Waals surface area contributed by atoms with Gasteiger partial charge < -0.3 is 0 Å². The van der Waals surface area contributed by atoms with Crippen LogP contribution in [0.2, 0.25) is 0 Å². The summed E-state index contributed by atoms with van der Waals surface area (Å²) in [6, 6.07) is 15.8. The van der Waals surface area contributed by atoms with Gasteiger partial charge in [-0.3, -0.25) is 4.98 Å². The van der Waals surface area contributed by atoms with E-state index < -0.39 is 0 Å². The molecule has 0 saturated heterocycles. The Labute approximate surface area is 127 Å². The maximum Gasteiger partial charge on any atom is 0.203 e. The molecule has 0 radical (unpaired) electrons. The Morgan fingerprint density at radius 2 is 1.77 bits per heavy atom. The predicted octanol–water partition coefficient (Wildman–Crippen LogP) is 2.04. The Hall–Kier alpha value is -3.08. The molecule has 0 bridgehead atoms. The maximum absolute atomic E-state index is 4.57. The Bertz CT molecular complexity index is 974. The van der Waals surface area contributed by atoms with Crippen LogP contribution < -0.4 is 5.22 Å². The van der Waals surface area contributed by atoms with Gasteiger partial charge in [-0.2, -0.15) is 9.61 Å². The summed E-state index contributed by atoms with van der Waals surface area (Å²) in [4.78, 5) is 4.32. The second-order valence-corrected chi connectivity index (χ2v) is 5.03. The van der Waals surface area contributed by atoms with Crippen molar-refractivity contribution < 1.29 is 0 Å². The largest absolute Gasteiger partial charge is 0.253 e. The van der Waals surface area contributed by atoms with E-state index in [-0.39, 0.29) is 0 Å². The minimum atomic E-state index is 0.659. The summed E-state index contributed by atoms with van der Waals surface area (Å²) in [5.74, 6) is 0.659. The lowest BCUT2D eigenvalue weighted by Crippen LogP contribution is -2.03. The highest BCUT2D eigenvalue weighted by Gasteiger charge is 2.14. The fraction of sp³-hybridized carbons (Fsp3) is 0.0588. The summed E-state index contributed by atoms with van der Waals surface area (Å²) in [5.41, 5.74) is 3.55. The van der Waals surface area contributed by atoms with Crippen molar-refractivity contribution in [1.82, 2.24) is 24.8 Å². The van der Waals surface area contributed by atoms with Crippen molar-refractivity contribution in [3.63, 3.8) is 0 Å². The third kappa shape index (κ3) is 2.03. The molecule has 0 unspecified atom stereocenters. The topological polar surface area (TPSA) is 56.0 Å². The van der Waals surface area contributed by atoms with E-state index in [9.17, 15) is 0 Å². The predicted molar refractivity (Wildman–Crippen MR) is 84.0 cm³/mol. The molecule has 3 aromatic heterocycles. The van der Waals surface area contributed by atoms with Crippen molar-refractivity contribution >= 4 is 11.7 Å². The number of hydrogen-bond donors (Lipinski definition) is 0. The van der Waals surface area contributed by atoms with E-state index in [1.165, 1.54) is 0 Å². The average Bonchev–Trinajstić information content (AvgIpc) is 3.09. The van der Waals surface area contributed by atoms with Crippen molar-refractivity contribution in [2.24, 2.45) is 0 Å². The van der Waals surface area contributed by atoms with Gasteiger partial charge in [0.1, 0.15) is 5.69 Å². The third-order valence-corrected chi connectivity index (χ3v) is 3.53. The van der Waals surface area contributed by atoms with Gasteiger partial charge in [-0.05, 0) is 30.7 Å². The smallest absolute Gasteiger partial charge is 0.203 e. The van der Waals surface area contributed by atoms with Gasteiger partial charge in [0.25, 0.3) is 0 Å². The van der Waals surface area contributed by atoms with Crippen LogP contribution in [0.4, 0.5) is 0 Å². The molecule has 1 aromatic carbocycles. The molecule has 0 aliphatic carbocycles. The van der Waals surface area contributed by atoms with E-state index in [4.69, 9.17) is 0 Å². The van der Waals surface area contributed by atoms with Crippen LogP contribution in [0.1, 0.15) is 11.3 Å². The summed E-state index contributed by atoms with van der Waals surface area (Å²) in [5, 5.41) is 14.1. The summed E-state index contributed by atoms with van der Waals surface area (Å²) < 4.78 is 1.76. The standard InChI is InChI=1S/C17H13N5/c1-12-14(11-13-7-3-2-4-8-13)16-19-20-17(22(16)21-12)15-9-5-6-10-18-15/h2-11H,1H3/b14-11+. The Balaban J connectivity index is 1.94. The van der Waals surface area contributed by atoms with E-state index in [0.717, 1.165) is 27.8 Å². The first-order valence-electron chi connectivity index (χ1n) is 7.03. The number of aromatic nitrogens is 5. The normalized spacial score (nSPS) is 12.1. The minimum absolute atomic E-state index is 0.659. The zero-order valence-electron chi connectivity index (χ0n) is 12.0. The molecule has 0 fully saturated rings. The molecule has 5 nitrogen and oxygen atoms in total. The fourth-order valence-electron chi connectivity index (χ4n) is 2.45. The molecule has 4 rings (SSSR count). The van der Waals surface area contributed by atoms with Crippen LogP contribution >= 0.6 is 0 Å². The van der Waals surface area contributed by atoms with Crippen molar-refractivity contribution in [2.45, 2.75) is 6.92 Å². The van der Waals surface area contributed by atoms with E-state index in [0.29, 0.717) is 5.82 Å². The second kappa shape index (κ2) is 5.04. The van der Waals surface area contributed by atoms with Gasteiger partial charge in [0.15, 0.2) is 5.65 Å². The van der Waals surface area contributed by atoms with Crippen LogP contribution in [0, 0.1) is 6.92 Å². The highest BCUT2D eigenvalue weighted by Crippen LogP contribution is 2.13. The first-order chi connectivity index (χ1) is 10.8. The molecular weight excluding hydrogens is 274 g/mol. The number of hydrogen-bond acceptors (Lipinski definition) is 4. The molecule has 3 heterocycles. The second-order valence-electron chi connectivity index (χ2n) is 5.03. The van der Waals surface area contributed by atoms with Crippen LogP contribution in [-0.2, 0) is 0 Å². The number of fused-ring (bicyclic) bond motifs is 1. The SMILES string of the molecule is Cc1nn2c(-c3ccccn3)nnc2/c1=C/c1ccccc1. The first-order valence-corrected chi connectivity index (χ1v) is 7.03. The van der Waals surface area contributed by atoms with Gasteiger partial charge in [0, 0.05) is 11.4 Å². The number of rotatable bonds is 2. The summed E-state index contributed by atoms with van der Waals surface area (Å²) >= 11 is 0. The number of aryl methyl sites for hydroxylation is 1. The van der Waals surface area contributed by atoms with E-state index in [1.807, 2.05) is 43.3 Å². The molecule has 0 saturated carbocycles. The molecule has 22 heavy (non-hydrogen) atoms. The van der Waals surface area contributed by atoms with Crippen LogP contribution in [-0.4, -0.2) is 24.8 Å². The Kier molecular flexibility index (Phi) is 2.89. The van der Waals surface area contributed by atoms with E-state index in [2.05, 4.69) is 38.5 Å². The number of nitrogens with zero attached hydrogens (tertiary/aromatic N) is 5. The van der Waals surface area contributed by atoms with Crippen molar-refractivity contribution in [2.75, 3.05) is 0 Å². The van der Waals surface area contributed by atoms with Crippen LogP contribution in [0.3, 0.4) is 0 Å². The van der Waals surface area contributed by atoms with Gasteiger partial charge in [0.2, 0.25) is 5.82 Å². The molecule has 106 valence electrons. The zero-order chi connectivity index (χ0) is 14.9. The summed E-state index contributed by atoms with van der Waals surface area (Å²) in [6.45, 7) is 1.98. The van der Waals surface area contributed by atoms with Crippen LogP contribution in [0.5, 0.6) is 0 Å². The summed E-state index contributed by atoms with van der Waals surface area (Å²) in [6.07, 6.45) is 3.82. The monoisotopic (exact) mass is 287 g/mol. The maximum atomic E-state index is 4.57. The molecule has 0 aliphatic rings. The molecule has 0 aliphatic heterocycles. The van der Waals surface area contributed by atoms with Gasteiger partial charge in [-0.1, -0.05) is 36.4 Å². The molecule has 0 amide bonds. The van der Waals surface area contributed by atoms with Gasteiger partial charge >= 0.3 is 0 Å². The third-order valence-electron chi connectivity index (χ3n) is 3.53. The zero-order valence-corrected chi connectivity index (χ0v) is 12.0. The van der Waals surface area contributed by atoms with Crippen LogP contribution in [0.15, 0.2) is 54.7 Å². The highest BCUT2D eigenvalue weighted by molar-refractivity contribution is 5.61. The first kappa shape index (κ1) is 12.6. The number of pyridine rings is 1. The average molecular weight is 287 g/mol. The van der Waals surface area contributed by atoms with Crippen molar-refractivity contribution in [3.8, 4) is 11.5 Å². The lowest BCUT2D eigenvalue weighted by atomic mass is 10.2. The van der Waals surface area contributed by atoms with Crippen molar-refractivity contribution in [1.29, 1.82) is 0 Å². The van der Waals surface area contributed by atoms with Gasteiger partial charge in [-0.25, -0.2) is 0 Å². The van der Waals surface area contributed by atoms with Crippen LogP contribution in [0.25, 0.3) is 23.2 Å². The summed E-state index contributed by atoms with van der Waals surface area (Å²) in [7, 11) is 0. The van der Waals surface area contributed by atoms with E-state index in [1.54, 1.807) is 10.7 Å².